The zero-order valence-electron chi connectivity index (χ0n) is 12.1. The number of likely N-dealkylation sites (N-methyl/N-ethyl adjacent to an activating group) is 1. The van der Waals surface area contributed by atoms with Crippen LogP contribution in [0, 0.1) is 17.8 Å². The maximum atomic E-state index is 5.98. The van der Waals surface area contributed by atoms with Gasteiger partial charge in [-0.25, -0.2) is 0 Å². The van der Waals surface area contributed by atoms with E-state index in [0.717, 1.165) is 17.8 Å². The summed E-state index contributed by atoms with van der Waals surface area (Å²) in [6.07, 6.45) is 12.6. The van der Waals surface area contributed by atoms with Crippen molar-refractivity contribution in [3.63, 3.8) is 0 Å². The van der Waals surface area contributed by atoms with Gasteiger partial charge in [-0.3, -0.25) is 0 Å². The number of fused-ring (bicyclic) bond motifs is 2. The van der Waals surface area contributed by atoms with Crippen molar-refractivity contribution in [1.82, 2.24) is 5.32 Å². The molecule has 3 aliphatic rings. The second kappa shape index (κ2) is 5.13. The Hall–Kier alpha value is -0.0800. The molecule has 2 bridgehead atoms. The van der Waals surface area contributed by atoms with Crippen LogP contribution in [-0.4, -0.2) is 25.8 Å². The Bertz CT molecular complexity index is 285. The van der Waals surface area contributed by atoms with Gasteiger partial charge in [0.05, 0.1) is 5.60 Å². The molecule has 2 nitrogen and oxygen atoms in total. The summed E-state index contributed by atoms with van der Waals surface area (Å²) in [5.74, 6) is 3.09. The van der Waals surface area contributed by atoms with Crippen molar-refractivity contribution in [1.29, 1.82) is 0 Å². The standard InChI is InChI=1S/C16H29NO/c1-17-15(16(18-2)7-3-4-8-16)11-14-10-12-5-6-13(14)9-12/h12-15,17H,3-11H2,1-2H3. The van der Waals surface area contributed by atoms with E-state index in [4.69, 9.17) is 4.74 Å². The van der Waals surface area contributed by atoms with Gasteiger partial charge in [-0.15, -0.1) is 0 Å². The minimum absolute atomic E-state index is 0.149. The minimum Gasteiger partial charge on any atom is -0.377 e. The molecule has 0 heterocycles. The molecule has 18 heavy (non-hydrogen) atoms. The fourth-order valence-corrected chi connectivity index (χ4v) is 5.23. The lowest BCUT2D eigenvalue weighted by molar-refractivity contribution is -0.0416. The van der Waals surface area contributed by atoms with E-state index in [0.29, 0.717) is 6.04 Å². The predicted molar refractivity (Wildman–Crippen MR) is 74.6 cm³/mol. The van der Waals surface area contributed by atoms with Gasteiger partial charge >= 0.3 is 0 Å². The molecule has 1 N–H and O–H groups in total. The van der Waals surface area contributed by atoms with Gasteiger partial charge in [0.15, 0.2) is 0 Å². The van der Waals surface area contributed by atoms with Crippen LogP contribution in [0.5, 0.6) is 0 Å². The molecule has 4 unspecified atom stereocenters. The monoisotopic (exact) mass is 251 g/mol. The predicted octanol–water partition coefficient (Wildman–Crippen LogP) is 3.36. The molecule has 3 fully saturated rings. The van der Waals surface area contributed by atoms with Crippen molar-refractivity contribution in [2.75, 3.05) is 14.2 Å². The maximum absolute atomic E-state index is 5.98. The molecule has 0 aliphatic heterocycles. The maximum Gasteiger partial charge on any atom is 0.0830 e. The zero-order chi connectivity index (χ0) is 12.6. The molecule has 0 aromatic rings. The molecular formula is C16H29NO. The second-order valence-electron chi connectivity index (χ2n) is 6.99. The smallest absolute Gasteiger partial charge is 0.0830 e. The summed E-state index contributed by atoms with van der Waals surface area (Å²) in [7, 11) is 4.06. The molecule has 3 aliphatic carbocycles. The van der Waals surface area contributed by atoms with Gasteiger partial charge < -0.3 is 10.1 Å². The van der Waals surface area contributed by atoms with Crippen molar-refractivity contribution in [3.8, 4) is 0 Å². The highest BCUT2D eigenvalue weighted by Crippen LogP contribution is 2.51. The first-order valence-electron chi connectivity index (χ1n) is 8.00. The van der Waals surface area contributed by atoms with Crippen LogP contribution in [0.3, 0.4) is 0 Å². The molecule has 0 spiro atoms. The Morgan fingerprint density at radius 3 is 2.50 bits per heavy atom. The number of hydrogen-bond acceptors (Lipinski definition) is 2. The Labute approximate surface area is 112 Å². The first-order chi connectivity index (χ1) is 8.77. The fourth-order valence-electron chi connectivity index (χ4n) is 5.23. The van der Waals surface area contributed by atoms with Gasteiger partial charge in [0, 0.05) is 13.2 Å². The second-order valence-corrected chi connectivity index (χ2v) is 6.99. The molecule has 2 heteroatoms. The number of methoxy groups -OCH3 is 1. The number of nitrogens with one attached hydrogen (secondary N) is 1. The van der Waals surface area contributed by atoms with E-state index in [9.17, 15) is 0 Å². The first kappa shape index (κ1) is 12.9. The van der Waals surface area contributed by atoms with Crippen molar-refractivity contribution in [3.05, 3.63) is 0 Å². The quantitative estimate of drug-likeness (QED) is 0.809. The van der Waals surface area contributed by atoms with Crippen LogP contribution in [0.1, 0.15) is 57.8 Å². The third kappa shape index (κ3) is 2.12. The van der Waals surface area contributed by atoms with Crippen molar-refractivity contribution >= 4 is 0 Å². The van der Waals surface area contributed by atoms with E-state index in [2.05, 4.69) is 12.4 Å². The highest BCUT2D eigenvalue weighted by Gasteiger charge is 2.45. The molecule has 0 amide bonds. The number of ether oxygens (including phenoxy) is 1. The van der Waals surface area contributed by atoms with E-state index >= 15 is 0 Å². The van der Waals surface area contributed by atoms with Crippen LogP contribution in [0.15, 0.2) is 0 Å². The van der Waals surface area contributed by atoms with E-state index < -0.39 is 0 Å². The molecule has 0 aromatic heterocycles. The van der Waals surface area contributed by atoms with E-state index in [1.807, 2.05) is 7.11 Å². The Morgan fingerprint density at radius 1 is 1.22 bits per heavy atom. The summed E-state index contributed by atoms with van der Waals surface area (Å²) in [5.41, 5.74) is 0.149. The molecule has 0 saturated heterocycles. The average molecular weight is 251 g/mol. The summed E-state index contributed by atoms with van der Waals surface area (Å²) >= 11 is 0. The summed E-state index contributed by atoms with van der Waals surface area (Å²) in [4.78, 5) is 0. The van der Waals surface area contributed by atoms with Crippen LogP contribution in [0.4, 0.5) is 0 Å². The average Bonchev–Trinajstić information content (AvgIpc) is 3.11. The number of rotatable bonds is 5. The number of hydrogen-bond donors (Lipinski definition) is 1. The van der Waals surface area contributed by atoms with Crippen LogP contribution in [0.2, 0.25) is 0 Å². The topological polar surface area (TPSA) is 21.3 Å². The lowest BCUT2D eigenvalue weighted by Gasteiger charge is -2.39. The van der Waals surface area contributed by atoms with E-state index in [1.54, 1.807) is 0 Å². The van der Waals surface area contributed by atoms with Crippen LogP contribution in [-0.2, 0) is 4.74 Å². The van der Waals surface area contributed by atoms with Crippen LogP contribution in [0.25, 0.3) is 0 Å². The fraction of sp³-hybridized carbons (Fsp3) is 1.00. The molecule has 0 aromatic carbocycles. The summed E-state index contributed by atoms with van der Waals surface area (Å²) in [5, 5.41) is 3.60. The molecule has 104 valence electrons. The van der Waals surface area contributed by atoms with Gasteiger partial charge in [0.2, 0.25) is 0 Å². The Kier molecular flexibility index (Phi) is 3.68. The van der Waals surface area contributed by atoms with E-state index in [-0.39, 0.29) is 5.60 Å². The summed E-state index contributed by atoms with van der Waals surface area (Å²) in [6.45, 7) is 0. The summed E-state index contributed by atoms with van der Waals surface area (Å²) in [6, 6.07) is 0.578. The highest BCUT2D eigenvalue weighted by molar-refractivity contribution is 5.00. The molecule has 0 radical (unpaired) electrons. The largest absolute Gasteiger partial charge is 0.377 e. The Balaban J connectivity index is 1.65. The van der Waals surface area contributed by atoms with Crippen molar-refractivity contribution in [2.24, 2.45) is 17.8 Å². The van der Waals surface area contributed by atoms with Gasteiger partial charge in [-0.1, -0.05) is 19.3 Å². The van der Waals surface area contributed by atoms with Crippen LogP contribution >= 0.6 is 0 Å². The van der Waals surface area contributed by atoms with Gasteiger partial charge in [-0.05, 0) is 63.3 Å². The lowest BCUT2D eigenvalue weighted by atomic mass is 9.79. The SMILES string of the molecule is CNC(CC1CC2CCC1C2)C1(OC)CCCC1. The minimum atomic E-state index is 0.149. The summed E-state index contributed by atoms with van der Waals surface area (Å²) < 4.78 is 5.98. The highest BCUT2D eigenvalue weighted by atomic mass is 16.5. The molecule has 3 rings (SSSR count). The first-order valence-corrected chi connectivity index (χ1v) is 8.00. The molecular weight excluding hydrogens is 222 g/mol. The van der Waals surface area contributed by atoms with Crippen molar-refractivity contribution < 1.29 is 4.74 Å². The Morgan fingerprint density at radius 2 is 2.00 bits per heavy atom. The van der Waals surface area contributed by atoms with Crippen molar-refractivity contribution in [2.45, 2.75) is 69.4 Å². The normalized spacial score (nSPS) is 39.3. The lowest BCUT2D eigenvalue weighted by Crippen LogP contribution is -2.50. The van der Waals surface area contributed by atoms with E-state index in [1.165, 1.54) is 57.8 Å². The third-order valence-electron chi connectivity index (χ3n) is 6.26. The third-order valence-corrected chi connectivity index (χ3v) is 6.26. The molecule has 3 saturated carbocycles. The van der Waals surface area contributed by atoms with Gasteiger partial charge in [0.1, 0.15) is 0 Å². The molecule has 4 atom stereocenters. The van der Waals surface area contributed by atoms with Crippen LogP contribution < -0.4 is 5.32 Å². The zero-order valence-corrected chi connectivity index (χ0v) is 12.1. The van der Waals surface area contributed by atoms with Gasteiger partial charge in [-0.2, -0.15) is 0 Å². The van der Waals surface area contributed by atoms with Gasteiger partial charge in [0.25, 0.3) is 0 Å².